The van der Waals surface area contributed by atoms with E-state index in [1.54, 1.807) is 11.1 Å². The zero-order valence-corrected chi connectivity index (χ0v) is 55.0. The molecule has 3 aromatic heterocycles. The first-order valence-electron chi connectivity index (χ1n) is 33.1. The van der Waals surface area contributed by atoms with Gasteiger partial charge in [0.1, 0.15) is 0 Å². The number of thiazole rings is 1. The fraction of sp³-hybridized carbons (Fsp3) is 0.580. The van der Waals surface area contributed by atoms with Gasteiger partial charge in [-0.2, -0.15) is 5.10 Å². The number of nitrogens with one attached hydrogen (secondary N) is 2. The van der Waals surface area contributed by atoms with Crippen molar-refractivity contribution in [1.82, 2.24) is 34.9 Å². The van der Waals surface area contributed by atoms with E-state index in [1.807, 2.05) is 68.6 Å². The molecule has 3 atom stereocenters. The number of nitrogens with zero attached hydrogens (tertiary/aromatic N) is 6. The van der Waals surface area contributed by atoms with Gasteiger partial charge in [0.15, 0.2) is 10.8 Å². The van der Waals surface area contributed by atoms with E-state index in [4.69, 9.17) is 52.7 Å². The molecule has 0 spiro atoms. The minimum absolute atomic E-state index is 0.0155. The largest absolute Gasteiger partial charge is 0.476 e. The van der Waals surface area contributed by atoms with E-state index in [9.17, 15) is 33.9 Å². The molecule has 1 aliphatic heterocycles. The predicted molar refractivity (Wildman–Crippen MR) is 349 cm³/mol. The number of aryl methyl sites for hydroxylation is 1. The summed E-state index contributed by atoms with van der Waals surface area (Å²) in [5, 5.41) is 21.9. The first-order valence-corrected chi connectivity index (χ1v) is 33.9. The molecule has 3 N–H and O–H groups in total. The van der Waals surface area contributed by atoms with Crippen molar-refractivity contribution in [1.29, 1.82) is 0 Å². The Morgan fingerprint density at radius 3 is 1.99 bits per heavy atom. The number of carboxylic acids is 1. The number of carbonyl (C=O) groups excluding carboxylic acids is 5. The molecule has 25 heteroatoms. The number of aromatic carboxylic acids is 1. The lowest BCUT2D eigenvalue weighted by Crippen LogP contribution is -2.58. The number of carboxylic acid groups (broad SMARTS) is 1. The third kappa shape index (κ3) is 19.4. The SMILES string of the molecule is Cc1c(-c2ccc(-c3ccc4c(c3)C(C(=O)Nc3nc5ccccc5s3)CCC4)nc2C(=O)O)cnn1CC12CC3CC(C1)CC(OCCCN(C)C(=O)CCOCCOCCOCCOCCOCCOCCOCCOCCNC(=O)CCN1C(=O)C=CC1=O)(C3)C2. The number of ether oxygens (including phenoxy) is 9. The summed E-state index contributed by atoms with van der Waals surface area (Å²) in [5.74, 6) is -1.48. The number of pyridine rings is 1. The maximum Gasteiger partial charge on any atom is 0.355 e. The van der Waals surface area contributed by atoms with Gasteiger partial charge in [-0.1, -0.05) is 35.6 Å². The van der Waals surface area contributed by atoms with Crippen molar-refractivity contribution in [2.24, 2.45) is 17.3 Å². The smallest absolute Gasteiger partial charge is 0.355 e. The van der Waals surface area contributed by atoms with Crippen molar-refractivity contribution in [3.63, 3.8) is 0 Å². The van der Waals surface area contributed by atoms with Crippen molar-refractivity contribution in [3.8, 4) is 22.4 Å². The molecule has 2 aromatic carbocycles. The number of anilines is 1. The van der Waals surface area contributed by atoms with Crippen LogP contribution < -0.4 is 10.6 Å². The van der Waals surface area contributed by atoms with Gasteiger partial charge in [0.25, 0.3) is 11.8 Å². The quantitative estimate of drug-likeness (QED) is 0.0253. The normalized spacial score (nSPS) is 20.4. The van der Waals surface area contributed by atoms with Crippen molar-refractivity contribution in [2.75, 3.05) is 144 Å². The number of para-hydroxylation sites is 1. The molecule has 4 heterocycles. The van der Waals surface area contributed by atoms with Gasteiger partial charge in [0, 0.05) is 80.8 Å². The Morgan fingerprint density at radius 1 is 0.723 bits per heavy atom. The summed E-state index contributed by atoms with van der Waals surface area (Å²) in [6.45, 7) is 10.8. The molecule has 0 radical (unpaired) electrons. The Balaban J connectivity index is 0.542. The highest BCUT2D eigenvalue weighted by atomic mass is 32.1. The molecule has 5 aliphatic carbocycles. The van der Waals surface area contributed by atoms with Crippen LogP contribution in [0.5, 0.6) is 0 Å². The number of carbonyl (C=O) groups is 6. The molecule has 508 valence electrons. The Morgan fingerprint density at radius 2 is 1.35 bits per heavy atom. The zero-order chi connectivity index (χ0) is 65.7. The lowest BCUT2D eigenvalue weighted by Gasteiger charge is -2.61. The second-order valence-corrected chi connectivity index (χ2v) is 26.1. The summed E-state index contributed by atoms with van der Waals surface area (Å²) in [6.07, 6.45) is 14.2. The van der Waals surface area contributed by atoms with E-state index in [0.29, 0.717) is 160 Å². The van der Waals surface area contributed by atoms with Crippen LogP contribution in [0.25, 0.3) is 32.6 Å². The van der Waals surface area contributed by atoms with Crippen molar-refractivity contribution in [3.05, 3.63) is 95.5 Å². The van der Waals surface area contributed by atoms with E-state index in [1.165, 1.54) is 29.9 Å². The van der Waals surface area contributed by atoms with Crippen LogP contribution in [0.15, 0.2) is 72.9 Å². The Labute approximate surface area is 552 Å². The first kappa shape index (κ1) is 69.9. The third-order valence-corrected chi connectivity index (χ3v) is 19.2. The number of aromatic nitrogens is 4. The molecular weight excluding hydrogens is 1230 g/mol. The van der Waals surface area contributed by atoms with Gasteiger partial charge in [0.05, 0.1) is 146 Å². The molecule has 4 fully saturated rings. The fourth-order valence-corrected chi connectivity index (χ4v) is 15.0. The number of benzene rings is 2. The third-order valence-electron chi connectivity index (χ3n) is 18.3. The van der Waals surface area contributed by atoms with E-state index in [2.05, 4.69) is 20.3 Å². The molecule has 11 rings (SSSR count). The number of rotatable bonds is 42. The van der Waals surface area contributed by atoms with Gasteiger partial charge in [-0.05, 0) is 130 Å². The van der Waals surface area contributed by atoms with Crippen LogP contribution in [0.4, 0.5) is 5.13 Å². The van der Waals surface area contributed by atoms with Crippen LogP contribution in [0.2, 0.25) is 0 Å². The molecule has 6 aliphatic rings. The summed E-state index contributed by atoms with van der Waals surface area (Å²) in [7, 11) is 1.83. The molecule has 3 unspecified atom stereocenters. The van der Waals surface area contributed by atoms with Gasteiger partial charge >= 0.3 is 5.97 Å². The Kier molecular flexibility index (Phi) is 25.8. The summed E-state index contributed by atoms with van der Waals surface area (Å²) in [5.41, 5.74) is 6.11. The maximum absolute atomic E-state index is 13.8. The number of amides is 5. The highest BCUT2D eigenvalue weighted by Crippen LogP contribution is 2.63. The number of hydrogen-bond acceptors (Lipinski definition) is 19. The number of fused-ring (bicyclic) bond motifs is 2. The van der Waals surface area contributed by atoms with Crippen molar-refractivity contribution >= 4 is 62.2 Å². The average Bonchev–Trinajstić information content (AvgIpc) is 0.937. The minimum atomic E-state index is -1.12. The van der Waals surface area contributed by atoms with Crippen LogP contribution in [-0.2, 0) is 79.6 Å². The van der Waals surface area contributed by atoms with Crippen LogP contribution in [0.3, 0.4) is 0 Å². The molecule has 5 amide bonds. The van der Waals surface area contributed by atoms with Gasteiger partial charge < -0.3 is 63.3 Å². The predicted octanol–water partition coefficient (Wildman–Crippen LogP) is 7.45. The number of imide groups is 1. The Bertz CT molecular complexity index is 3340. The van der Waals surface area contributed by atoms with E-state index < -0.39 is 17.8 Å². The summed E-state index contributed by atoms with van der Waals surface area (Å²) in [6, 6.07) is 17.6. The van der Waals surface area contributed by atoms with Crippen LogP contribution in [0.1, 0.15) is 104 Å². The van der Waals surface area contributed by atoms with E-state index in [0.717, 1.165) is 101 Å². The molecule has 4 bridgehead atoms. The second-order valence-electron chi connectivity index (χ2n) is 25.1. The summed E-state index contributed by atoms with van der Waals surface area (Å²) in [4.78, 5) is 87.0. The topological polar surface area (TPSA) is 280 Å². The molecule has 5 aromatic rings. The van der Waals surface area contributed by atoms with Gasteiger partial charge in [-0.15, -0.1) is 0 Å². The highest BCUT2D eigenvalue weighted by Gasteiger charge is 2.58. The van der Waals surface area contributed by atoms with Gasteiger partial charge in [-0.25, -0.2) is 14.8 Å². The second kappa shape index (κ2) is 34.7. The average molecular weight is 1320 g/mol. The van der Waals surface area contributed by atoms with Crippen molar-refractivity contribution in [2.45, 2.75) is 102 Å². The lowest BCUT2D eigenvalue weighted by atomic mass is 9.48. The van der Waals surface area contributed by atoms with Crippen molar-refractivity contribution < 1.29 is 76.5 Å². The fourth-order valence-electron chi connectivity index (χ4n) is 14.2. The molecule has 0 saturated heterocycles. The zero-order valence-electron chi connectivity index (χ0n) is 54.2. The van der Waals surface area contributed by atoms with Gasteiger partial charge in [0.2, 0.25) is 17.7 Å². The molecule has 94 heavy (non-hydrogen) atoms. The molecular formula is C69H90N8O16S. The number of hydrogen-bond donors (Lipinski definition) is 3. The van der Waals surface area contributed by atoms with E-state index in [-0.39, 0.29) is 59.7 Å². The van der Waals surface area contributed by atoms with Gasteiger partial charge in [-0.3, -0.25) is 33.6 Å². The highest BCUT2D eigenvalue weighted by molar-refractivity contribution is 7.22. The molecule has 4 saturated carbocycles. The van der Waals surface area contributed by atoms with E-state index >= 15 is 0 Å². The monoisotopic (exact) mass is 1320 g/mol. The standard InChI is InChI=1S/C69H90N8O16S/c1-48-56(53-13-14-57(72-64(53)66(83)84)52-12-11-51-7-5-8-54(55(51)40-52)65(82)74-67-73-58-9-3-4-10-59(58)94-67)45-71-77(48)47-68-41-49-39-50(42-68)44-69(43-49,46-68)93-22-6-20-75(2)61(79)18-23-85-25-27-87-29-31-89-33-35-91-37-38-92-36-34-90-32-30-88-28-26-86-24-19-70-60(78)17-21-76-62(80)15-16-63(76)81/h3-4,9-16,40,45,49-50,54H,5-8,17-39,41-44,46-47H2,1-2H3,(H,70,78)(H,83,84)(H,73,74,82). The maximum atomic E-state index is 13.8. The summed E-state index contributed by atoms with van der Waals surface area (Å²) < 4.78 is 54.4. The minimum Gasteiger partial charge on any atom is -0.476 e. The lowest BCUT2D eigenvalue weighted by molar-refractivity contribution is -0.197. The summed E-state index contributed by atoms with van der Waals surface area (Å²) >= 11 is 1.46. The molecule has 24 nitrogen and oxygen atoms in total. The van der Waals surface area contributed by atoms with Crippen LogP contribution in [0, 0.1) is 24.2 Å². The first-order chi connectivity index (χ1) is 45.7. The van der Waals surface area contributed by atoms with Crippen LogP contribution in [-0.4, -0.2) is 215 Å². The Hall–Kier alpha value is -6.91. The van der Waals surface area contributed by atoms with Crippen LogP contribution >= 0.6 is 11.3 Å².